The van der Waals surface area contributed by atoms with Crippen molar-refractivity contribution in [3.63, 3.8) is 0 Å². The lowest BCUT2D eigenvalue weighted by atomic mass is 10.3. The van der Waals surface area contributed by atoms with Gasteiger partial charge in [0.2, 0.25) is 0 Å². The molecule has 2 aromatic rings. The van der Waals surface area contributed by atoms with Crippen LogP contribution in [0.4, 0.5) is 0 Å². The lowest BCUT2D eigenvalue weighted by Crippen LogP contribution is -2.13. The molecule has 2 aromatic carbocycles. The standard InChI is InChI=1S/C17H19P/c1-2-3-10-15-18(16-11-6-4-7-12-16)17-13-8-5-9-14-17/h2,4-9,11-14H,1,3,10,15H2. The topological polar surface area (TPSA) is 0 Å². The highest BCUT2D eigenvalue weighted by Crippen LogP contribution is 2.34. The van der Waals surface area contributed by atoms with Crippen LogP contribution in [-0.4, -0.2) is 6.16 Å². The van der Waals surface area contributed by atoms with Crippen molar-refractivity contribution in [3.05, 3.63) is 73.3 Å². The minimum atomic E-state index is -0.210. The van der Waals surface area contributed by atoms with Gasteiger partial charge in [0.15, 0.2) is 0 Å². The molecule has 0 saturated heterocycles. The molecule has 0 aliphatic heterocycles. The highest BCUT2D eigenvalue weighted by molar-refractivity contribution is 7.73. The molecular weight excluding hydrogens is 235 g/mol. The highest BCUT2D eigenvalue weighted by atomic mass is 31.1. The second-order valence-electron chi connectivity index (χ2n) is 4.25. The van der Waals surface area contributed by atoms with Gasteiger partial charge in [-0.2, -0.15) is 0 Å². The Hall–Kier alpha value is -1.39. The molecule has 0 aromatic heterocycles. The van der Waals surface area contributed by atoms with Crippen LogP contribution in [0.15, 0.2) is 73.3 Å². The van der Waals surface area contributed by atoms with Crippen molar-refractivity contribution >= 4 is 18.5 Å². The molecule has 18 heavy (non-hydrogen) atoms. The van der Waals surface area contributed by atoms with Gasteiger partial charge in [0.1, 0.15) is 0 Å². The molecule has 0 nitrogen and oxygen atoms in total. The van der Waals surface area contributed by atoms with E-state index in [1.54, 1.807) is 0 Å². The van der Waals surface area contributed by atoms with Crippen LogP contribution in [-0.2, 0) is 0 Å². The number of benzene rings is 2. The Morgan fingerprint density at radius 1 is 0.833 bits per heavy atom. The Balaban J connectivity index is 2.21. The summed E-state index contributed by atoms with van der Waals surface area (Å²) < 4.78 is 0. The summed E-state index contributed by atoms with van der Waals surface area (Å²) in [6.07, 6.45) is 5.59. The predicted molar refractivity (Wildman–Crippen MR) is 83.4 cm³/mol. The van der Waals surface area contributed by atoms with Crippen LogP contribution in [0.5, 0.6) is 0 Å². The van der Waals surface area contributed by atoms with Crippen molar-refractivity contribution in [1.29, 1.82) is 0 Å². The molecule has 0 heterocycles. The molecular formula is C17H19P. The van der Waals surface area contributed by atoms with Crippen molar-refractivity contribution in [2.24, 2.45) is 0 Å². The fourth-order valence-corrected chi connectivity index (χ4v) is 4.39. The third-order valence-electron chi connectivity index (χ3n) is 2.93. The quantitative estimate of drug-likeness (QED) is 0.414. The van der Waals surface area contributed by atoms with Gasteiger partial charge >= 0.3 is 0 Å². The third-order valence-corrected chi connectivity index (χ3v) is 5.53. The van der Waals surface area contributed by atoms with Gasteiger partial charge in [0, 0.05) is 0 Å². The summed E-state index contributed by atoms with van der Waals surface area (Å²) in [7, 11) is -0.210. The van der Waals surface area contributed by atoms with E-state index in [0.29, 0.717) is 0 Å². The monoisotopic (exact) mass is 254 g/mol. The summed E-state index contributed by atoms with van der Waals surface area (Å²) in [6, 6.07) is 21.8. The van der Waals surface area contributed by atoms with Gasteiger partial charge < -0.3 is 0 Å². The number of allylic oxidation sites excluding steroid dienone is 1. The van der Waals surface area contributed by atoms with E-state index in [4.69, 9.17) is 0 Å². The predicted octanol–water partition coefficient (Wildman–Crippen LogP) is 4.09. The zero-order valence-corrected chi connectivity index (χ0v) is 11.5. The van der Waals surface area contributed by atoms with Crippen molar-refractivity contribution < 1.29 is 0 Å². The number of unbranched alkanes of at least 4 members (excludes halogenated alkanes) is 1. The van der Waals surface area contributed by atoms with E-state index in [1.165, 1.54) is 23.2 Å². The molecule has 0 amide bonds. The maximum Gasteiger partial charge on any atom is -0.0195 e. The second-order valence-corrected chi connectivity index (χ2v) is 6.59. The van der Waals surface area contributed by atoms with Gasteiger partial charge in [-0.15, -0.1) is 6.58 Å². The minimum Gasteiger partial charge on any atom is -0.103 e. The van der Waals surface area contributed by atoms with Gasteiger partial charge in [-0.1, -0.05) is 66.7 Å². The first-order valence-corrected chi connectivity index (χ1v) is 7.93. The van der Waals surface area contributed by atoms with Gasteiger partial charge in [-0.25, -0.2) is 0 Å². The molecule has 0 spiro atoms. The number of hydrogen-bond donors (Lipinski definition) is 0. The van der Waals surface area contributed by atoms with Gasteiger partial charge in [-0.3, -0.25) is 0 Å². The Bertz CT molecular complexity index is 422. The van der Waals surface area contributed by atoms with Crippen LogP contribution in [0.25, 0.3) is 0 Å². The second kappa shape index (κ2) is 7.13. The van der Waals surface area contributed by atoms with E-state index in [0.717, 1.165) is 6.42 Å². The Morgan fingerprint density at radius 3 is 1.78 bits per heavy atom. The maximum absolute atomic E-state index is 3.81. The summed E-state index contributed by atoms with van der Waals surface area (Å²) in [5, 5.41) is 2.95. The van der Waals surface area contributed by atoms with Crippen molar-refractivity contribution in [2.75, 3.05) is 6.16 Å². The molecule has 1 heteroatoms. The fraction of sp³-hybridized carbons (Fsp3) is 0.176. The first-order chi connectivity index (χ1) is 8.92. The largest absolute Gasteiger partial charge is 0.103 e. The highest BCUT2D eigenvalue weighted by Gasteiger charge is 2.11. The molecule has 0 atom stereocenters. The van der Waals surface area contributed by atoms with E-state index in [1.807, 2.05) is 6.08 Å². The summed E-state index contributed by atoms with van der Waals surface area (Å²) in [4.78, 5) is 0. The van der Waals surface area contributed by atoms with E-state index in [2.05, 4.69) is 67.2 Å². The van der Waals surface area contributed by atoms with Gasteiger partial charge in [-0.05, 0) is 37.5 Å². The zero-order chi connectivity index (χ0) is 12.6. The SMILES string of the molecule is C=CCCCP(c1ccccc1)c1ccccc1. The smallest absolute Gasteiger partial charge is 0.0195 e. The normalized spacial score (nSPS) is 10.5. The van der Waals surface area contributed by atoms with E-state index in [-0.39, 0.29) is 7.92 Å². The molecule has 0 N–H and O–H groups in total. The van der Waals surface area contributed by atoms with Crippen molar-refractivity contribution in [3.8, 4) is 0 Å². The molecule has 92 valence electrons. The molecule has 0 aliphatic carbocycles. The summed E-state index contributed by atoms with van der Waals surface area (Å²) in [5.41, 5.74) is 0. The minimum absolute atomic E-state index is 0.210. The average molecular weight is 254 g/mol. The van der Waals surface area contributed by atoms with Crippen LogP contribution in [0.3, 0.4) is 0 Å². The Morgan fingerprint density at radius 2 is 1.33 bits per heavy atom. The zero-order valence-electron chi connectivity index (χ0n) is 10.6. The third kappa shape index (κ3) is 3.55. The molecule has 0 unspecified atom stereocenters. The summed E-state index contributed by atoms with van der Waals surface area (Å²) in [6.45, 7) is 3.81. The van der Waals surface area contributed by atoms with E-state index >= 15 is 0 Å². The first kappa shape index (κ1) is 13.1. The van der Waals surface area contributed by atoms with Crippen LogP contribution < -0.4 is 10.6 Å². The molecule has 0 bridgehead atoms. The van der Waals surface area contributed by atoms with Crippen molar-refractivity contribution in [1.82, 2.24) is 0 Å². The Labute approximate surface area is 111 Å². The van der Waals surface area contributed by atoms with Crippen LogP contribution >= 0.6 is 7.92 Å². The van der Waals surface area contributed by atoms with Crippen LogP contribution in [0.2, 0.25) is 0 Å². The molecule has 0 fully saturated rings. The molecule has 0 saturated carbocycles. The van der Waals surface area contributed by atoms with Gasteiger partial charge in [0.25, 0.3) is 0 Å². The van der Waals surface area contributed by atoms with Gasteiger partial charge in [0.05, 0.1) is 0 Å². The number of hydrogen-bond acceptors (Lipinski definition) is 0. The van der Waals surface area contributed by atoms with E-state index < -0.39 is 0 Å². The van der Waals surface area contributed by atoms with E-state index in [9.17, 15) is 0 Å². The fourth-order valence-electron chi connectivity index (χ4n) is 2.02. The number of rotatable bonds is 6. The van der Waals surface area contributed by atoms with Crippen LogP contribution in [0.1, 0.15) is 12.8 Å². The summed E-state index contributed by atoms with van der Waals surface area (Å²) >= 11 is 0. The molecule has 2 rings (SSSR count). The molecule has 0 aliphatic rings. The first-order valence-electron chi connectivity index (χ1n) is 6.40. The average Bonchev–Trinajstić information content (AvgIpc) is 2.46. The maximum atomic E-state index is 3.81. The Kier molecular flexibility index (Phi) is 5.17. The lowest BCUT2D eigenvalue weighted by molar-refractivity contribution is 0.971. The summed E-state index contributed by atoms with van der Waals surface area (Å²) in [5.74, 6) is 0. The lowest BCUT2D eigenvalue weighted by Gasteiger charge is -2.18. The van der Waals surface area contributed by atoms with Crippen molar-refractivity contribution in [2.45, 2.75) is 12.8 Å². The molecule has 0 radical (unpaired) electrons. The van der Waals surface area contributed by atoms with Crippen LogP contribution in [0, 0.1) is 0 Å².